The molecule has 78 valence electrons. The van der Waals surface area contributed by atoms with E-state index in [1.54, 1.807) is 13.0 Å². The van der Waals surface area contributed by atoms with Crippen molar-refractivity contribution in [2.45, 2.75) is 13.0 Å². The maximum absolute atomic E-state index is 11.8. The number of nitrogens with one attached hydrogen (secondary N) is 1. The zero-order chi connectivity index (χ0) is 11.0. The summed E-state index contributed by atoms with van der Waals surface area (Å²) in [6, 6.07) is 5.10. The van der Waals surface area contributed by atoms with Gasteiger partial charge in [0.15, 0.2) is 5.78 Å². The van der Waals surface area contributed by atoms with Crippen molar-refractivity contribution < 1.29 is 4.79 Å². The first kappa shape index (κ1) is 10.4. The summed E-state index contributed by atoms with van der Waals surface area (Å²) in [6.45, 7) is 1.70. The quantitative estimate of drug-likeness (QED) is 0.821. The van der Waals surface area contributed by atoms with Gasteiger partial charge in [-0.2, -0.15) is 0 Å². The van der Waals surface area contributed by atoms with Gasteiger partial charge in [0.1, 0.15) is 0 Å². The summed E-state index contributed by atoms with van der Waals surface area (Å²) in [7, 11) is 0. The van der Waals surface area contributed by atoms with Crippen LogP contribution in [0, 0.1) is 0 Å². The smallest absolute Gasteiger partial charge is 0.179 e. The van der Waals surface area contributed by atoms with Gasteiger partial charge in [-0.25, -0.2) is 0 Å². The number of rotatable bonds is 2. The summed E-state index contributed by atoms with van der Waals surface area (Å²) >= 11 is 3.41. The molecule has 0 bridgehead atoms. The Labute approximate surface area is 95.8 Å². The normalized spacial score (nSPS) is 13.0. The highest BCUT2D eigenvalue weighted by atomic mass is 79.9. The van der Waals surface area contributed by atoms with Gasteiger partial charge in [0.05, 0.1) is 6.04 Å². The summed E-state index contributed by atoms with van der Waals surface area (Å²) in [5.74, 6) is -0.0408. The molecular formula is C11H11BrN2O. The van der Waals surface area contributed by atoms with Crippen LogP contribution in [0.25, 0.3) is 10.9 Å². The first-order valence-corrected chi connectivity index (χ1v) is 5.46. The molecule has 1 aromatic carbocycles. The second kappa shape index (κ2) is 3.79. The zero-order valence-corrected chi connectivity index (χ0v) is 9.84. The highest BCUT2D eigenvalue weighted by molar-refractivity contribution is 9.10. The van der Waals surface area contributed by atoms with E-state index in [9.17, 15) is 4.79 Å². The van der Waals surface area contributed by atoms with Crippen molar-refractivity contribution in [2.75, 3.05) is 0 Å². The number of nitrogens with two attached hydrogens (primary N) is 1. The molecule has 3 nitrogen and oxygen atoms in total. The number of aromatic amines is 1. The number of ketones is 1. The minimum atomic E-state index is -0.475. The molecule has 1 unspecified atom stereocenters. The Kier molecular flexibility index (Phi) is 2.63. The molecule has 1 heterocycles. The molecule has 0 saturated carbocycles. The maximum Gasteiger partial charge on any atom is 0.179 e. The van der Waals surface area contributed by atoms with Crippen molar-refractivity contribution in [1.82, 2.24) is 4.98 Å². The molecule has 0 spiro atoms. The lowest BCUT2D eigenvalue weighted by atomic mass is 10.0. The molecule has 0 amide bonds. The predicted molar refractivity (Wildman–Crippen MR) is 64.0 cm³/mol. The lowest BCUT2D eigenvalue weighted by Crippen LogP contribution is -2.26. The van der Waals surface area contributed by atoms with Crippen molar-refractivity contribution >= 4 is 32.6 Å². The van der Waals surface area contributed by atoms with E-state index in [0.717, 1.165) is 15.4 Å². The van der Waals surface area contributed by atoms with Crippen LogP contribution >= 0.6 is 15.9 Å². The van der Waals surface area contributed by atoms with Crippen molar-refractivity contribution in [2.24, 2.45) is 5.73 Å². The molecule has 0 fully saturated rings. The number of hydrogen-bond donors (Lipinski definition) is 2. The summed E-state index contributed by atoms with van der Waals surface area (Å²) in [5.41, 5.74) is 7.20. The summed E-state index contributed by atoms with van der Waals surface area (Å²) < 4.78 is 0.891. The van der Waals surface area contributed by atoms with Gasteiger partial charge in [-0.05, 0) is 28.9 Å². The number of hydrogen-bond acceptors (Lipinski definition) is 2. The Morgan fingerprint density at radius 2 is 2.27 bits per heavy atom. The van der Waals surface area contributed by atoms with Crippen molar-refractivity contribution in [3.05, 3.63) is 34.4 Å². The number of halogens is 1. The second-order valence-electron chi connectivity index (χ2n) is 3.52. The van der Waals surface area contributed by atoms with Crippen LogP contribution in [0.5, 0.6) is 0 Å². The predicted octanol–water partition coefficient (Wildman–Crippen LogP) is 2.46. The fourth-order valence-corrected chi connectivity index (χ4v) is 2.14. The van der Waals surface area contributed by atoms with Crippen LogP contribution in [0.1, 0.15) is 17.3 Å². The average molecular weight is 267 g/mol. The van der Waals surface area contributed by atoms with Crippen molar-refractivity contribution in [3.8, 4) is 0 Å². The number of H-pyrrole nitrogens is 1. The molecule has 0 aliphatic carbocycles. The minimum absolute atomic E-state index is 0.0408. The van der Waals surface area contributed by atoms with Gasteiger partial charge in [0.25, 0.3) is 0 Å². The van der Waals surface area contributed by atoms with E-state index in [2.05, 4.69) is 20.9 Å². The van der Waals surface area contributed by atoms with E-state index in [1.807, 2.05) is 18.3 Å². The topological polar surface area (TPSA) is 58.9 Å². The standard InChI is InChI=1S/C11H11BrN2O/c1-6(13)11(15)7-3-2-4-9-10(7)8(12)5-14-9/h2-6,14H,13H2,1H3. The molecule has 2 aromatic rings. The first-order valence-electron chi connectivity index (χ1n) is 4.66. The molecular weight excluding hydrogens is 256 g/mol. The Balaban J connectivity index is 2.70. The van der Waals surface area contributed by atoms with E-state index < -0.39 is 6.04 Å². The number of carbonyl (C=O) groups excluding carboxylic acids is 1. The molecule has 1 aromatic heterocycles. The van der Waals surface area contributed by atoms with E-state index in [1.165, 1.54) is 0 Å². The monoisotopic (exact) mass is 266 g/mol. The highest BCUT2D eigenvalue weighted by Gasteiger charge is 2.16. The summed E-state index contributed by atoms with van der Waals surface area (Å²) in [5, 5.41) is 0.903. The van der Waals surface area contributed by atoms with Gasteiger partial charge < -0.3 is 10.7 Å². The SMILES string of the molecule is CC(N)C(=O)c1cccc2[nH]cc(Br)c12. The van der Waals surface area contributed by atoms with Gasteiger partial charge in [0, 0.05) is 27.1 Å². The zero-order valence-electron chi connectivity index (χ0n) is 8.25. The molecule has 4 heteroatoms. The number of benzene rings is 1. The molecule has 0 radical (unpaired) electrons. The van der Waals surface area contributed by atoms with Crippen molar-refractivity contribution in [1.29, 1.82) is 0 Å². The van der Waals surface area contributed by atoms with Gasteiger partial charge in [-0.1, -0.05) is 12.1 Å². The fraction of sp³-hybridized carbons (Fsp3) is 0.182. The van der Waals surface area contributed by atoms with Gasteiger partial charge in [0.2, 0.25) is 0 Å². The van der Waals surface area contributed by atoms with Crippen LogP contribution in [0.2, 0.25) is 0 Å². The third kappa shape index (κ3) is 1.70. The Morgan fingerprint density at radius 1 is 1.53 bits per heavy atom. The minimum Gasteiger partial charge on any atom is -0.360 e. The van der Waals surface area contributed by atoms with Crippen LogP contribution in [0.3, 0.4) is 0 Å². The third-order valence-electron chi connectivity index (χ3n) is 2.34. The average Bonchev–Trinajstić information content (AvgIpc) is 2.59. The highest BCUT2D eigenvalue weighted by Crippen LogP contribution is 2.27. The fourth-order valence-electron chi connectivity index (χ4n) is 1.59. The first-order chi connectivity index (χ1) is 7.11. The molecule has 3 N–H and O–H groups in total. The maximum atomic E-state index is 11.8. The number of Topliss-reactive ketones (excluding diaryl/α,β-unsaturated/α-hetero) is 1. The van der Waals surface area contributed by atoms with Gasteiger partial charge in [-0.15, -0.1) is 0 Å². The van der Waals surface area contributed by atoms with Gasteiger partial charge >= 0.3 is 0 Å². The van der Waals surface area contributed by atoms with Crippen LogP contribution in [-0.4, -0.2) is 16.8 Å². The van der Waals surface area contributed by atoms with E-state index in [-0.39, 0.29) is 5.78 Å². The molecule has 1 atom stereocenters. The van der Waals surface area contributed by atoms with Crippen LogP contribution in [-0.2, 0) is 0 Å². The van der Waals surface area contributed by atoms with Crippen LogP contribution in [0.15, 0.2) is 28.9 Å². The van der Waals surface area contributed by atoms with Crippen LogP contribution < -0.4 is 5.73 Å². The van der Waals surface area contributed by atoms with Gasteiger partial charge in [-0.3, -0.25) is 4.79 Å². The lowest BCUT2D eigenvalue weighted by molar-refractivity contribution is 0.0969. The summed E-state index contributed by atoms with van der Waals surface area (Å²) in [6.07, 6.45) is 1.82. The van der Waals surface area contributed by atoms with Crippen LogP contribution in [0.4, 0.5) is 0 Å². The number of carbonyl (C=O) groups is 1. The number of fused-ring (bicyclic) bond motifs is 1. The van der Waals surface area contributed by atoms with E-state index in [0.29, 0.717) is 5.56 Å². The summed E-state index contributed by atoms with van der Waals surface area (Å²) in [4.78, 5) is 14.9. The van der Waals surface area contributed by atoms with Crippen molar-refractivity contribution in [3.63, 3.8) is 0 Å². The largest absolute Gasteiger partial charge is 0.360 e. The third-order valence-corrected chi connectivity index (χ3v) is 2.96. The molecule has 15 heavy (non-hydrogen) atoms. The molecule has 2 rings (SSSR count). The Bertz CT molecular complexity index is 516. The molecule has 0 saturated heterocycles. The Hall–Kier alpha value is -1.13. The Morgan fingerprint density at radius 3 is 2.93 bits per heavy atom. The van der Waals surface area contributed by atoms with E-state index in [4.69, 9.17) is 5.73 Å². The van der Waals surface area contributed by atoms with E-state index >= 15 is 0 Å². The molecule has 0 aliphatic heterocycles. The lowest BCUT2D eigenvalue weighted by Gasteiger charge is -2.05. The number of aromatic nitrogens is 1. The molecule has 0 aliphatic rings. The second-order valence-corrected chi connectivity index (χ2v) is 4.37.